The number of carbonyl (C=O) groups is 1. The zero-order valence-corrected chi connectivity index (χ0v) is 12.2. The first-order chi connectivity index (χ1) is 10.2. The van der Waals surface area contributed by atoms with Gasteiger partial charge in [0, 0.05) is 38.8 Å². The average molecular weight is 291 g/mol. The number of ether oxygens (including phenoxy) is 2. The molecule has 0 radical (unpaired) electrons. The molecule has 0 aromatic carbocycles. The summed E-state index contributed by atoms with van der Waals surface area (Å²) in [6, 6.07) is 0. The molecular weight excluding hydrogens is 270 g/mol. The summed E-state index contributed by atoms with van der Waals surface area (Å²) in [5, 5.41) is 8.17. The molecule has 0 aromatic heterocycles. The smallest absolute Gasteiger partial charge is 0.223 e. The summed E-state index contributed by atoms with van der Waals surface area (Å²) in [4.78, 5) is 14.6. The maximum atomic E-state index is 12.6. The third-order valence-electron chi connectivity index (χ3n) is 4.58. The Kier molecular flexibility index (Phi) is 3.96. The number of carbonyl (C=O) groups excluding carboxylic acids is 1. The van der Waals surface area contributed by atoms with E-state index in [1.165, 1.54) is 0 Å². The highest BCUT2D eigenvalue weighted by atomic mass is 16.5. The van der Waals surface area contributed by atoms with Crippen LogP contribution in [-0.4, -0.2) is 55.0 Å². The third-order valence-corrected chi connectivity index (χ3v) is 4.58. The molecule has 3 aliphatic rings. The molecule has 6 nitrogen and oxygen atoms in total. The van der Waals surface area contributed by atoms with Crippen molar-refractivity contribution in [3.05, 3.63) is 0 Å². The van der Waals surface area contributed by atoms with Gasteiger partial charge in [-0.25, -0.2) is 0 Å². The molecule has 1 unspecified atom stereocenters. The molecule has 6 heteroatoms. The average Bonchev–Trinajstić information content (AvgIpc) is 3.15. The van der Waals surface area contributed by atoms with Crippen LogP contribution in [0.2, 0.25) is 0 Å². The molecule has 114 valence electrons. The third kappa shape index (κ3) is 2.94. The van der Waals surface area contributed by atoms with Crippen LogP contribution in [0.1, 0.15) is 32.1 Å². The monoisotopic (exact) mass is 291 g/mol. The van der Waals surface area contributed by atoms with Gasteiger partial charge in [-0.05, 0) is 6.42 Å². The summed E-state index contributed by atoms with van der Waals surface area (Å²) in [5.41, 5.74) is -0.632. The number of rotatable bonds is 5. The standard InChI is InChI=1S/C15H21N3O3/c1-2-3-5-15(16-17-15)6-4-13(19)18-8-10-21-12-14(18)7-9-20-11-14/h1H,3-12H2. The largest absolute Gasteiger partial charge is 0.379 e. The van der Waals surface area contributed by atoms with Crippen LogP contribution in [0.4, 0.5) is 0 Å². The predicted molar refractivity (Wildman–Crippen MR) is 75.6 cm³/mol. The van der Waals surface area contributed by atoms with Crippen LogP contribution in [0.3, 0.4) is 0 Å². The molecular formula is C15H21N3O3. The van der Waals surface area contributed by atoms with Crippen LogP contribution < -0.4 is 0 Å². The Balaban J connectivity index is 1.56. The molecule has 1 amide bonds. The normalized spacial score (nSPS) is 29.6. The molecule has 1 spiro atoms. The van der Waals surface area contributed by atoms with Gasteiger partial charge >= 0.3 is 0 Å². The van der Waals surface area contributed by atoms with Crippen molar-refractivity contribution in [2.45, 2.75) is 43.3 Å². The van der Waals surface area contributed by atoms with Gasteiger partial charge in [-0.15, -0.1) is 12.3 Å². The summed E-state index contributed by atoms with van der Waals surface area (Å²) in [6.07, 6.45) is 8.64. The van der Waals surface area contributed by atoms with Crippen molar-refractivity contribution in [2.24, 2.45) is 10.2 Å². The summed E-state index contributed by atoms with van der Waals surface area (Å²) < 4.78 is 11.1. The second-order valence-corrected chi connectivity index (χ2v) is 6.01. The van der Waals surface area contributed by atoms with Gasteiger partial charge in [0.1, 0.15) is 0 Å². The molecule has 3 rings (SSSR count). The van der Waals surface area contributed by atoms with Crippen LogP contribution in [0.25, 0.3) is 0 Å². The van der Waals surface area contributed by atoms with E-state index < -0.39 is 0 Å². The molecule has 0 aliphatic carbocycles. The summed E-state index contributed by atoms with van der Waals surface area (Å²) in [6.45, 7) is 3.10. The van der Waals surface area contributed by atoms with Gasteiger partial charge < -0.3 is 14.4 Å². The molecule has 3 aliphatic heterocycles. The molecule has 2 saturated heterocycles. The van der Waals surface area contributed by atoms with Crippen LogP contribution >= 0.6 is 0 Å². The van der Waals surface area contributed by atoms with Crippen LogP contribution in [0.5, 0.6) is 0 Å². The number of morpholine rings is 1. The van der Waals surface area contributed by atoms with Crippen LogP contribution in [0, 0.1) is 12.3 Å². The van der Waals surface area contributed by atoms with Gasteiger partial charge in [-0.2, -0.15) is 10.2 Å². The molecule has 1 atom stereocenters. The molecule has 0 saturated carbocycles. The van der Waals surface area contributed by atoms with E-state index in [0.29, 0.717) is 52.2 Å². The Morgan fingerprint density at radius 1 is 1.24 bits per heavy atom. The minimum Gasteiger partial charge on any atom is -0.379 e. The highest BCUT2D eigenvalue weighted by molar-refractivity contribution is 5.77. The quantitative estimate of drug-likeness (QED) is 0.718. The fraction of sp³-hybridized carbons (Fsp3) is 0.800. The van der Waals surface area contributed by atoms with Gasteiger partial charge in [-0.3, -0.25) is 4.79 Å². The maximum absolute atomic E-state index is 12.6. The van der Waals surface area contributed by atoms with E-state index in [-0.39, 0.29) is 17.1 Å². The topological polar surface area (TPSA) is 63.5 Å². The molecule has 21 heavy (non-hydrogen) atoms. The second-order valence-electron chi connectivity index (χ2n) is 6.01. The van der Waals surface area contributed by atoms with Crippen molar-refractivity contribution in [2.75, 3.05) is 33.0 Å². The van der Waals surface area contributed by atoms with E-state index in [1.54, 1.807) is 0 Å². The SMILES string of the molecule is C#CCCC1(CCC(=O)N2CCOCC23CCOC3)N=N1. The summed E-state index contributed by atoms with van der Waals surface area (Å²) >= 11 is 0. The molecule has 0 N–H and O–H groups in total. The number of hydrogen-bond donors (Lipinski definition) is 0. The lowest BCUT2D eigenvalue weighted by molar-refractivity contribution is -0.149. The zero-order chi connectivity index (χ0) is 14.8. The van der Waals surface area contributed by atoms with E-state index in [0.717, 1.165) is 12.8 Å². The predicted octanol–water partition coefficient (Wildman–Crippen LogP) is 1.36. The summed E-state index contributed by atoms with van der Waals surface area (Å²) in [7, 11) is 0. The maximum Gasteiger partial charge on any atom is 0.223 e. The molecule has 0 aromatic rings. The first kappa shape index (κ1) is 14.5. The Morgan fingerprint density at radius 3 is 2.67 bits per heavy atom. The second kappa shape index (κ2) is 5.74. The Morgan fingerprint density at radius 2 is 2.00 bits per heavy atom. The van der Waals surface area contributed by atoms with E-state index >= 15 is 0 Å². The van der Waals surface area contributed by atoms with E-state index in [9.17, 15) is 4.79 Å². The van der Waals surface area contributed by atoms with Crippen molar-refractivity contribution in [3.8, 4) is 12.3 Å². The van der Waals surface area contributed by atoms with E-state index in [1.807, 2.05) is 4.90 Å². The highest BCUT2D eigenvalue weighted by Gasteiger charge is 2.46. The van der Waals surface area contributed by atoms with E-state index in [4.69, 9.17) is 15.9 Å². The minimum atomic E-state index is -0.381. The molecule has 2 fully saturated rings. The van der Waals surface area contributed by atoms with Crippen molar-refractivity contribution < 1.29 is 14.3 Å². The lowest BCUT2D eigenvalue weighted by atomic mass is 9.94. The van der Waals surface area contributed by atoms with Gasteiger partial charge in [0.2, 0.25) is 5.91 Å². The fourth-order valence-electron chi connectivity index (χ4n) is 3.16. The van der Waals surface area contributed by atoms with Crippen LogP contribution in [0.15, 0.2) is 10.2 Å². The van der Waals surface area contributed by atoms with Crippen molar-refractivity contribution in [1.82, 2.24) is 4.90 Å². The zero-order valence-electron chi connectivity index (χ0n) is 12.2. The first-order valence-electron chi connectivity index (χ1n) is 7.53. The van der Waals surface area contributed by atoms with Gasteiger partial charge in [-0.1, -0.05) is 0 Å². The Hall–Kier alpha value is -1.45. The summed E-state index contributed by atoms with van der Waals surface area (Å²) in [5.74, 6) is 2.76. The fourth-order valence-corrected chi connectivity index (χ4v) is 3.16. The minimum absolute atomic E-state index is 0.154. The molecule has 3 heterocycles. The highest BCUT2D eigenvalue weighted by Crippen LogP contribution is 2.38. The van der Waals surface area contributed by atoms with Gasteiger partial charge in [0.05, 0.1) is 25.4 Å². The molecule has 0 bridgehead atoms. The van der Waals surface area contributed by atoms with E-state index in [2.05, 4.69) is 16.1 Å². The number of nitrogens with zero attached hydrogens (tertiary/aromatic N) is 3. The number of hydrogen-bond acceptors (Lipinski definition) is 5. The Bertz CT molecular complexity index is 471. The number of terminal acetylenes is 1. The number of amides is 1. The van der Waals surface area contributed by atoms with Crippen molar-refractivity contribution in [1.29, 1.82) is 0 Å². The van der Waals surface area contributed by atoms with Crippen molar-refractivity contribution >= 4 is 5.91 Å². The van der Waals surface area contributed by atoms with Gasteiger partial charge in [0.15, 0.2) is 5.66 Å². The first-order valence-corrected chi connectivity index (χ1v) is 7.53. The lowest BCUT2D eigenvalue weighted by Crippen LogP contribution is -2.59. The van der Waals surface area contributed by atoms with Crippen molar-refractivity contribution in [3.63, 3.8) is 0 Å². The van der Waals surface area contributed by atoms with Crippen LogP contribution in [-0.2, 0) is 14.3 Å². The van der Waals surface area contributed by atoms with Gasteiger partial charge in [0.25, 0.3) is 0 Å². The Labute approximate surface area is 124 Å². The lowest BCUT2D eigenvalue weighted by Gasteiger charge is -2.43.